The lowest BCUT2D eigenvalue weighted by Crippen LogP contribution is -2.10. The molecule has 16 aromatic carbocycles. The zero-order valence-corrected chi connectivity index (χ0v) is 60.5. The Labute approximate surface area is 635 Å². The molecule has 514 valence electrons. The molecule has 2 heteroatoms. The molecule has 0 aliphatic carbocycles. The molecular formula is C106H80N2. The molecule has 0 saturated carbocycles. The second-order valence-electron chi connectivity index (χ2n) is 27.3. The molecule has 0 spiro atoms. The van der Waals surface area contributed by atoms with Crippen molar-refractivity contribution in [2.75, 3.05) is 9.80 Å². The van der Waals surface area contributed by atoms with Crippen LogP contribution in [0.3, 0.4) is 0 Å². The second-order valence-corrected chi connectivity index (χ2v) is 27.3. The van der Waals surface area contributed by atoms with Gasteiger partial charge in [0.2, 0.25) is 0 Å². The summed E-state index contributed by atoms with van der Waals surface area (Å²) in [6.07, 6.45) is 15.5. The van der Waals surface area contributed by atoms with Gasteiger partial charge in [-0.15, -0.1) is 0 Å². The molecular weight excluding hydrogens is 1300 g/mol. The number of rotatable bonds is 22. The summed E-state index contributed by atoms with van der Waals surface area (Å²) in [4.78, 5) is 4.73. The Morgan fingerprint density at radius 3 is 1.10 bits per heavy atom. The van der Waals surface area contributed by atoms with Crippen LogP contribution in [0.5, 0.6) is 0 Å². The third-order valence-electron chi connectivity index (χ3n) is 20.4. The van der Waals surface area contributed by atoms with Gasteiger partial charge in [-0.05, 0) is 237 Å². The third-order valence-corrected chi connectivity index (χ3v) is 20.4. The molecule has 0 N–H and O–H groups in total. The van der Waals surface area contributed by atoms with E-state index in [1.807, 2.05) is 19.1 Å². The second kappa shape index (κ2) is 32.0. The molecule has 0 atom stereocenters. The van der Waals surface area contributed by atoms with Crippen LogP contribution in [0.25, 0.3) is 129 Å². The molecule has 16 rings (SSSR count). The van der Waals surface area contributed by atoms with Crippen molar-refractivity contribution in [2.24, 2.45) is 0 Å². The molecule has 0 fully saturated rings. The van der Waals surface area contributed by atoms with Crippen molar-refractivity contribution in [1.82, 2.24) is 0 Å². The maximum Gasteiger partial charge on any atom is 0.0468 e. The van der Waals surface area contributed by atoms with Gasteiger partial charge in [0.25, 0.3) is 0 Å². The average Bonchev–Trinajstić information content (AvgIpc) is 0.780. The van der Waals surface area contributed by atoms with Gasteiger partial charge >= 0.3 is 0 Å². The monoisotopic (exact) mass is 1380 g/mol. The zero-order valence-electron chi connectivity index (χ0n) is 60.5. The number of allylic oxidation sites excluding steroid dienone is 6. The first-order valence-electron chi connectivity index (χ1n) is 37.1. The Morgan fingerprint density at radius 1 is 0.278 bits per heavy atom. The van der Waals surface area contributed by atoms with E-state index in [-0.39, 0.29) is 0 Å². The molecule has 0 bridgehead atoms. The first-order chi connectivity index (χ1) is 53.3. The predicted molar refractivity (Wildman–Crippen MR) is 464 cm³/mol. The molecule has 0 aliphatic rings. The Bertz CT molecular complexity index is 5830. The number of nitrogens with zero attached hydrogens (tertiary/aromatic N) is 2. The minimum atomic E-state index is 0.810. The summed E-state index contributed by atoms with van der Waals surface area (Å²) in [5.74, 6) is 0. The highest BCUT2D eigenvalue weighted by Gasteiger charge is 2.21. The normalized spacial score (nSPS) is 11.4. The quantitative estimate of drug-likeness (QED) is 0.0624. The SMILES string of the molecule is C=Cc1ccccc1/C=C\Cc1cccc(-c2ccc(N(c3ccc(-c4ccccc4)cc3)c3ccc(-c4ccc(-c5ccc6ccc(-c7ccc(-c8ccc(N(c9ccc(-c%10ccccc%10)cc9)c9ccc(-c%10ccccc%10)cc9)cc8C(=C)/C=C\C=C/C)cc7)cc6c5)cc4)cc3)cc2-c2ccccc2)c1. The van der Waals surface area contributed by atoms with Gasteiger partial charge in [-0.3, -0.25) is 0 Å². The van der Waals surface area contributed by atoms with Crippen LogP contribution in [0.2, 0.25) is 0 Å². The standard InChI is InChI=1S/C106H80N2/c1-4-6-11-24-76(3)105-74-101(107(97-59-51-84(52-60-97)80-28-12-7-13-29-80)98-61-53-85(54-62-98)81-30-14-8-15-31-81)67-69-103(105)92-47-43-89(44-48-92)94-50-46-90-45-49-93(72-96(90)73-94)88-41-39-83(40-42-88)87-57-65-100(66-58-87)108(99-63-55-86(56-64-99)82-32-16-9-17-33-82)102-68-70-104(106(75-102)91-35-18-10-19-36-91)95-38-23-26-77(71-95)25-22-37-79-34-21-20-27-78(79)5-2/h4-24,26-75H,2-3,25H2,1H3/b6-4-,24-11-,37-22-. The summed E-state index contributed by atoms with van der Waals surface area (Å²) >= 11 is 0. The first kappa shape index (κ1) is 68.5. The van der Waals surface area contributed by atoms with E-state index in [1.54, 1.807) is 0 Å². The van der Waals surface area contributed by atoms with E-state index in [9.17, 15) is 0 Å². The molecule has 0 saturated heterocycles. The lowest BCUT2D eigenvalue weighted by atomic mass is 9.92. The van der Waals surface area contributed by atoms with E-state index in [2.05, 4.69) is 442 Å². The van der Waals surface area contributed by atoms with E-state index in [0.29, 0.717) is 0 Å². The molecule has 16 aromatic rings. The van der Waals surface area contributed by atoms with Crippen LogP contribution in [-0.2, 0) is 6.42 Å². The van der Waals surface area contributed by atoms with Gasteiger partial charge in [0.05, 0.1) is 0 Å². The summed E-state index contributed by atoms with van der Waals surface area (Å²) in [5, 5.41) is 2.39. The van der Waals surface area contributed by atoms with Crippen molar-refractivity contribution in [2.45, 2.75) is 13.3 Å². The lowest BCUT2D eigenvalue weighted by Gasteiger charge is -2.27. The summed E-state index contributed by atoms with van der Waals surface area (Å²) in [6, 6.07) is 141. The van der Waals surface area contributed by atoms with Crippen LogP contribution in [0.15, 0.2) is 432 Å². The van der Waals surface area contributed by atoms with Gasteiger partial charge in [-0.2, -0.15) is 0 Å². The summed E-state index contributed by atoms with van der Waals surface area (Å²) in [6.45, 7) is 10.7. The van der Waals surface area contributed by atoms with Gasteiger partial charge in [0, 0.05) is 34.1 Å². The smallest absolute Gasteiger partial charge is 0.0468 e. The number of benzene rings is 16. The first-order valence-corrected chi connectivity index (χ1v) is 37.1. The average molecular weight is 1380 g/mol. The molecule has 0 heterocycles. The van der Waals surface area contributed by atoms with Crippen LogP contribution >= 0.6 is 0 Å². The van der Waals surface area contributed by atoms with E-state index in [0.717, 1.165) is 107 Å². The van der Waals surface area contributed by atoms with E-state index in [1.165, 1.54) is 72.0 Å². The number of anilines is 6. The molecule has 108 heavy (non-hydrogen) atoms. The Morgan fingerprint density at radius 2 is 0.639 bits per heavy atom. The molecule has 0 unspecified atom stereocenters. The third kappa shape index (κ3) is 15.2. The van der Waals surface area contributed by atoms with Gasteiger partial charge in [0.15, 0.2) is 0 Å². The van der Waals surface area contributed by atoms with Crippen LogP contribution in [0.1, 0.15) is 29.2 Å². The highest BCUT2D eigenvalue weighted by molar-refractivity contribution is 5.95. The van der Waals surface area contributed by atoms with Crippen molar-refractivity contribution >= 4 is 62.6 Å². The fourth-order valence-corrected chi connectivity index (χ4v) is 14.7. The Kier molecular flexibility index (Phi) is 20.3. The maximum absolute atomic E-state index is 4.68. The number of fused-ring (bicyclic) bond motifs is 1. The van der Waals surface area contributed by atoms with Crippen LogP contribution < -0.4 is 9.80 Å². The van der Waals surface area contributed by atoms with Gasteiger partial charge < -0.3 is 9.80 Å². The number of hydrogen-bond acceptors (Lipinski definition) is 2. The van der Waals surface area contributed by atoms with Crippen molar-refractivity contribution in [1.29, 1.82) is 0 Å². The number of hydrogen-bond donors (Lipinski definition) is 0. The van der Waals surface area contributed by atoms with Gasteiger partial charge in [-0.1, -0.05) is 359 Å². The molecule has 0 radical (unpaired) electrons. The zero-order chi connectivity index (χ0) is 73.0. The van der Waals surface area contributed by atoms with Crippen LogP contribution in [0.4, 0.5) is 34.1 Å². The predicted octanol–water partition coefficient (Wildman–Crippen LogP) is 29.8. The minimum Gasteiger partial charge on any atom is -0.310 e. The molecule has 0 amide bonds. The topological polar surface area (TPSA) is 6.48 Å². The molecule has 0 aliphatic heterocycles. The molecule has 2 nitrogen and oxygen atoms in total. The van der Waals surface area contributed by atoms with Crippen molar-refractivity contribution in [3.63, 3.8) is 0 Å². The van der Waals surface area contributed by atoms with Crippen LogP contribution in [0, 0.1) is 0 Å². The minimum absolute atomic E-state index is 0.810. The van der Waals surface area contributed by atoms with E-state index < -0.39 is 0 Å². The van der Waals surface area contributed by atoms with Crippen molar-refractivity contribution in [3.05, 3.63) is 454 Å². The Hall–Kier alpha value is -13.9. The van der Waals surface area contributed by atoms with Gasteiger partial charge in [0.1, 0.15) is 0 Å². The highest BCUT2D eigenvalue weighted by atomic mass is 15.1. The summed E-state index contributed by atoms with van der Waals surface area (Å²) in [7, 11) is 0. The summed E-state index contributed by atoms with van der Waals surface area (Å²) < 4.78 is 0. The highest BCUT2D eigenvalue weighted by Crippen LogP contribution is 2.45. The fraction of sp³-hybridized carbons (Fsp3) is 0.0189. The van der Waals surface area contributed by atoms with Crippen molar-refractivity contribution in [3.8, 4) is 100 Å². The maximum atomic E-state index is 4.68. The van der Waals surface area contributed by atoms with Gasteiger partial charge in [-0.25, -0.2) is 0 Å². The van der Waals surface area contributed by atoms with Crippen LogP contribution in [-0.4, -0.2) is 0 Å². The van der Waals surface area contributed by atoms with E-state index >= 15 is 0 Å². The largest absolute Gasteiger partial charge is 0.310 e. The Balaban J connectivity index is 0.666. The molecule has 0 aromatic heterocycles. The van der Waals surface area contributed by atoms with E-state index in [4.69, 9.17) is 0 Å². The lowest BCUT2D eigenvalue weighted by molar-refractivity contribution is 1.27. The van der Waals surface area contributed by atoms with Crippen molar-refractivity contribution < 1.29 is 0 Å². The summed E-state index contributed by atoms with van der Waals surface area (Å²) in [5.41, 5.74) is 32.8. The fourth-order valence-electron chi connectivity index (χ4n) is 14.7.